The van der Waals surface area contributed by atoms with Gasteiger partial charge in [0.1, 0.15) is 0 Å². The minimum atomic E-state index is -0.137. The van der Waals surface area contributed by atoms with Crippen LogP contribution in [0.5, 0.6) is 0 Å². The van der Waals surface area contributed by atoms with Gasteiger partial charge in [0.25, 0.3) is 5.91 Å². The zero-order chi connectivity index (χ0) is 17.9. The number of carbonyl (C=O) groups is 1. The second-order valence-electron chi connectivity index (χ2n) is 7.87. The highest BCUT2D eigenvalue weighted by molar-refractivity contribution is 5.92. The first kappa shape index (κ1) is 18.4. The van der Waals surface area contributed by atoms with Gasteiger partial charge < -0.3 is 19.6 Å². The van der Waals surface area contributed by atoms with Crippen molar-refractivity contribution in [1.29, 1.82) is 0 Å². The zero-order valence-corrected chi connectivity index (χ0v) is 15.8. The quantitative estimate of drug-likeness (QED) is 0.823. The Bertz CT molecular complexity index is 582. The number of carbonyl (C=O) groups excluding carboxylic acids is 1. The van der Waals surface area contributed by atoms with Crippen LogP contribution in [-0.2, 0) is 6.54 Å². The lowest BCUT2D eigenvalue weighted by molar-refractivity contribution is 0.0925. The van der Waals surface area contributed by atoms with E-state index in [1.165, 1.54) is 0 Å². The summed E-state index contributed by atoms with van der Waals surface area (Å²) in [5, 5.41) is 6.99. The molecule has 1 N–H and O–H groups in total. The second-order valence-corrected chi connectivity index (χ2v) is 7.87. The summed E-state index contributed by atoms with van der Waals surface area (Å²) in [6.07, 6.45) is 1.11. The Balaban J connectivity index is 1.47. The lowest BCUT2D eigenvalue weighted by Crippen LogP contribution is -2.45. The summed E-state index contributed by atoms with van der Waals surface area (Å²) in [4.78, 5) is 19.4. The molecule has 2 aliphatic heterocycles. The molecule has 3 rings (SSSR count). The molecule has 2 fully saturated rings. The molecule has 0 bridgehead atoms. The maximum atomic E-state index is 12.3. The highest BCUT2D eigenvalue weighted by Crippen LogP contribution is 2.27. The number of likely N-dealkylation sites (N-methyl/N-ethyl adjacent to an activating group) is 1. The van der Waals surface area contributed by atoms with Gasteiger partial charge in [-0.1, -0.05) is 19.0 Å². The van der Waals surface area contributed by atoms with Crippen molar-refractivity contribution < 1.29 is 9.32 Å². The van der Waals surface area contributed by atoms with Crippen LogP contribution in [0, 0.1) is 5.41 Å². The van der Waals surface area contributed by atoms with Gasteiger partial charge in [0, 0.05) is 45.3 Å². The van der Waals surface area contributed by atoms with Crippen molar-refractivity contribution in [2.45, 2.75) is 26.8 Å². The van der Waals surface area contributed by atoms with Crippen LogP contribution in [0.2, 0.25) is 0 Å². The number of piperazine rings is 1. The van der Waals surface area contributed by atoms with Gasteiger partial charge in [-0.05, 0) is 32.0 Å². The number of hydrogen-bond acceptors (Lipinski definition) is 6. The van der Waals surface area contributed by atoms with E-state index in [4.69, 9.17) is 4.52 Å². The minimum Gasteiger partial charge on any atom is -0.359 e. The molecule has 2 aliphatic rings. The van der Waals surface area contributed by atoms with E-state index in [0.717, 1.165) is 64.5 Å². The molecule has 140 valence electrons. The summed E-state index contributed by atoms with van der Waals surface area (Å²) in [5.74, 6) is 0.628. The fourth-order valence-electron chi connectivity index (χ4n) is 3.78. The molecule has 0 aliphatic carbocycles. The van der Waals surface area contributed by atoms with Gasteiger partial charge in [-0.2, -0.15) is 0 Å². The zero-order valence-electron chi connectivity index (χ0n) is 15.8. The molecule has 0 aromatic carbocycles. The third-order valence-electron chi connectivity index (χ3n) is 5.51. The molecule has 0 radical (unpaired) electrons. The Kier molecular flexibility index (Phi) is 5.76. The standard InChI is InChI=1S/C18H31N5O2/c1-4-22-7-9-23(10-8-22)12-15-11-16(20-25-15)17(24)19-13-18(2)5-6-21(3)14-18/h11H,4-10,12-14H2,1-3H3,(H,19,24)/t18-/m1/s1. The Labute approximate surface area is 150 Å². The Hall–Kier alpha value is -1.44. The average Bonchev–Trinajstić information content (AvgIpc) is 3.20. The summed E-state index contributed by atoms with van der Waals surface area (Å²) in [6, 6.07) is 1.78. The molecule has 7 nitrogen and oxygen atoms in total. The normalized spacial score (nSPS) is 26.2. The highest BCUT2D eigenvalue weighted by atomic mass is 16.5. The molecule has 2 saturated heterocycles. The summed E-state index contributed by atoms with van der Waals surface area (Å²) in [6.45, 7) is 13.3. The van der Waals surface area contributed by atoms with Crippen LogP contribution in [-0.4, -0.2) is 85.2 Å². The Morgan fingerprint density at radius 1 is 1.28 bits per heavy atom. The van der Waals surface area contributed by atoms with Crippen molar-refractivity contribution in [3.63, 3.8) is 0 Å². The van der Waals surface area contributed by atoms with Gasteiger partial charge in [0.05, 0.1) is 6.54 Å². The van der Waals surface area contributed by atoms with Crippen molar-refractivity contribution in [3.8, 4) is 0 Å². The summed E-state index contributed by atoms with van der Waals surface area (Å²) in [7, 11) is 2.12. The molecule has 0 saturated carbocycles. The van der Waals surface area contributed by atoms with Crippen molar-refractivity contribution >= 4 is 5.91 Å². The minimum absolute atomic E-state index is 0.137. The van der Waals surface area contributed by atoms with Gasteiger partial charge >= 0.3 is 0 Å². The topological polar surface area (TPSA) is 64.8 Å². The number of aromatic nitrogens is 1. The summed E-state index contributed by atoms with van der Waals surface area (Å²) in [5.41, 5.74) is 0.535. The van der Waals surface area contributed by atoms with E-state index in [0.29, 0.717) is 12.2 Å². The monoisotopic (exact) mass is 349 g/mol. The van der Waals surface area contributed by atoms with Crippen molar-refractivity contribution in [2.75, 3.05) is 59.4 Å². The molecule has 25 heavy (non-hydrogen) atoms. The number of rotatable bonds is 6. The number of nitrogens with zero attached hydrogens (tertiary/aromatic N) is 4. The van der Waals surface area contributed by atoms with Crippen LogP contribution < -0.4 is 5.32 Å². The molecule has 0 unspecified atom stereocenters. The molecule has 1 aromatic heterocycles. The molecular weight excluding hydrogens is 318 g/mol. The number of hydrogen-bond donors (Lipinski definition) is 1. The lowest BCUT2D eigenvalue weighted by Gasteiger charge is -2.33. The first-order valence-electron chi connectivity index (χ1n) is 9.34. The van der Waals surface area contributed by atoms with Gasteiger partial charge in [0.2, 0.25) is 0 Å². The molecule has 7 heteroatoms. The molecule has 1 amide bonds. The molecule has 1 aromatic rings. The van der Waals surface area contributed by atoms with Gasteiger partial charge in [-0.15, -0.1) is 0 Å². The van der Waals surface area contributed by atoms with E-state index in [9.17, 15) is 4.79 Å². The average molecular weight is 349 g/mol. The maximum absolute atomic E-state index is 12.3. The number of nitrogens with one attached hydrogen (secondary N) is 1. The van der Waals surface area contributed by atoms with E-state index in [1.807, 2.05) is 0 Å². The van der Waals surface area contributed by atoms with Crippen LogP contribution in [0.3, 0.4) is 0 Å². The lowest BCUT2D eigenvalue weighted by atomic mass is 9.90. The van der Waals surface area contributed by atoms with Gasteiger partial charge in [-0.25, -0.2) is 0 Å². The van der Waals surface area contributed by atoms with Crippen LogP contribution in [0.25, 0.3) is 0 Å². The molecule has 3 heterocycles. The largest absolute Gasteiger partial charge is 0.359 e. The van der Waals surface area contributed by atoms with E-state index in [-0.39, 0.29) is 11.3 Å². The third kappa shape index (κ3) is 4.80. The van der Waals surface area contributed by atoms with E-state index in [1.54, 1.807) is 6.07 Å². The first-order chi connectivity index (χ1) is 12.0. The fourth-order valence-corrected chi connectivity index (χ4v) is 3.78. The molecule has 1 atom stereocenters. The number of likely N-dealkylation sites (tertiary alicyclic amines) is 1. The SMILES string of the molecule is CCN1CCN(Cc2cc(C(=O)NC[C@@]3(C)CCN(C)C3)no2)CC1. The van der Waals surface area contributed by atoms with Gasteiger partial charge in [-0.3, -0.25) is 9.69 Å². The van der Waals surface area contributed by atoms with Gasteiger partial charge in [0.15, 0.2) is 11.5 Å². The Morgan fingerprint density at radius 2 is 2.00 bits per heavy atom. The van der Waals surface area contributed by atoms with Crippen LogP contribution in [0.15, 0.2) is 10.6 Å². The predicted molar refractivity (Wildman–Crippen MR) is 96.4 cm³/mol. The smallest absolute Gasteiger partial charge is 0.273 e. The van der Waals surface area contributed by atoms with E-state index < -0.39 is 0 Å². The second kappa shape index (κ2) is 7.85. The third-order valence-corrected chi connectivity index (χ3v) is 5.51. The Morgan fingerprint density at radius 3 is 2.64 bits per heavy atom. The molecule has 0 spiro atoms. The van der Waals surface area contributed by atoms with Crippen molar-refractivity contribution in [3.05, 3.63) is 17.5 Å². The fraction of sp³-hybridized carbons (Fsp3) is 0.778. The first-order valence-corrected chi connectivity index (χ1v) is 9.34. The summed E-state index contributed by atoms with van der Waals surface area (Å²) >= 11 is 0. The van der Waals surface area contributed by atoms with Crippen molar-refractivity contribution in [2.24, 2.45) is 5.41 Å². The number of amides is 1. The van der Waals surface area contributed by atoms with Crippen LogP contribution >= 0.6 is 0 Å². The van der Waals surface area contributed by atoms with E-state index in [2.05, 4.69) is 46.1 Å². The van der Waals surface area contributed by atoms with Crippen molar-refractivity contribution in [1.82, 2.24) is 25.2 Å². The van der Waals surface area contributed by atoms with Crippen LogP contribution in [0.1, 0.15) is 36.5 Å². The van der Waals surface area contributed by atoms with Crippen LogP contribution in [0.4, 0.5) is 0 Å². The summed E-state index contributed by atoms with van der Waals surface area (Å²) < 4.78 is 5.38. The highest BCUT2D eigenvalue weighted by Gasteiger charge is 2.32. The molecular formula is C18H31N5O2. The predicted octanol–water partition coefficient (Wildman–Crippen LogP) is 0.884. The maximum Gasteiger partial charge on any atom is 0.273 e. The van der Waals surface area contributed by atoms with E-state index >= 15 is 0 Å².